The zero-order valence-corrected chi connectivity index (χ0v) is 20.1. The molecule has 1 aromatic carbocycles. The molecule has 4 atom stereocenters. The third-order valence-electron chi connectivity index (χ3n) is 4.69. The number of nitrogens with zero attached hydrogens (tertiary/aromatic N) is 2. The molecule has 0 saturated carbocycles. The first-order valence-electron chi connectivity index (χ1n) is 10.1. The summed E-state index contributed by atoms with van der Waals surface area (Å²) in [5, 5.41) is 9.38. The molecule has 2 aromatic rings. The molecule has 0 bridgehead atoms. The maximum Gasteiger partial charge on any atom is 0.303 e. The summed E-state index contributed by atoms with van der Waals surface area (Å²) in [4.78, 5) is 39.3. The number of ether oxygens (including phenoxy) is 4. The van der Waals surface area contributed by atoms with Gasteiger partial charge in [0.05, 0.1) is 16.8 Å². The molecule has 9 nitrogen and oxygen atoms in total. The van der Waals surface area contributed by atoms with E-state index in [1.807, 2.05) is 6.07 Å². The predicted octanol–water partition coefficient (Wildman–Crippen LogP) is 3.52. The van der Waals surface area contributed by atoms with E-state index in [-0.39, 0.29) is 5.75 Å². The van der Waals surface area contributed by atoms with E-state index in [1.165, 1.54) is 38.7 Å². The number of benzene rings is 1. The van der Waals surface area contributed by atoms with Crippen LogP contribution in [0.4, 0.5) is 0 Å². The molecule has 1 aliphatic rings. The van der Waals surface area contributed by atoms with Crippen molar-refractivity contribution in [1.82, 2.24) is 4.98 Å². The smallest absolute Gasteiger partial charge is 0.303 e. The summed E-state index contributed by atoms with van der Waals surface area (Å²) in [7, 11) is 0. The van der Waals surface area contributed by atoms with Gasteiger partial charge in [-0.25, -0.2) is 0 Å². The van der Waals surface area contributed by atoms with Gasteiger partial charge in [-0.1, -0.05) is 17.7 Å². The van der Waals surface area contributed by atoms with Crippen LogP contribution in [0.5, 0.6) is 5.75 Å². The van der Waals surface area contributed by atoms with Crippen LogP contribution in [0.2, 0.25) is 5.02 Å². The molecule has 2 heterocycles. The fraction of sp³-hybridized carbons (Fsp3) is 0.348. The average molecular weight is 505 g/mol. The highest BCUT2D eigenvalue weighted by molar-refractivity contribution is 7.99. The van der Waals surface area contributed by atoms with Crippen LogP contribution in [0, 0.1) is 11.3 Å². The van der Waals surface area contributed by atoms with E-state index < -0.39 is 41.7 Å². The first-order valence-corrected chi connectivity index (χ1v) is 11.6. The fourth-order valence-corrected chi connectivity index (χ4v) is 4.81. The topological polar surface area (TPSA) is 125 Å². The molecule has 0 spiro atoms. The Morgan fingerprint density at radius 3 is 2.29 bits per heavy atom. The maximum absolute atomic E-state index is 11.8. The second kappa shape index (κ2) is 11.2. The molecule has 1 fully saturated rings. The fourth-order valence-electron chi connectivity index (χ4n) is 3.37. The minimum Gasteiger partial charge on any atom is -0.474 e. The predicted molar refractivity (Wildman–Crippen MR) is 123 cm³/mol. The zero-order chi connectivity index (χ0) is 24.8. The third-order valence-corrected chi connectivity index (χ3v) is 6.22. The number of aromatic nitrogens is 1. The van der Waals surface area contributed by atoms with Crippen LogP contribution < -0.4 is 4.74 Å². The zero-order valence-electron chi connectivity index (χ0n) is 18.5. The molecular formula is C23H21ClN2O7S. The van der Waals surface area contributed by atoms with Crippen molar-refractivity contribution in [3.8, 4) is 22.9 Å². The minimum absolute atomic E-state index is 0.248. The Hall–Kier alpha value is -3.29. The van der Waals surface area contributed by atoms with Crippen LogP contribution in [0.1, 0.15) is 26.3 Å². The lowest BCUT2D eigenvalue weighted by atomic mass is 10.1. The first-order chi connectivity index (χ1) is 16.2. The highest BCUT2D eigenvalue weighted by atomic mass is 35.5. The van der Waals surface area contributed by atoms with Crippen LogP contribution in [0.15, 0.2) is 36.7 Å². The van der Waals surface area contributed by atoms with E-state index in [1.54, 1.807) is 30.5 Å². The van der Waals surface area contributed by atoms with Crippen molar-refractivity contribution in [3.63, 3.8) is 0 Å². The molecule has 1 aliphatic heterocycles. The van der Waals surface area contributed by atoms with Gasteiger partial charge in [-0.3, -0.25) is 19.4 Å². The number of nitriles is 1. The molecule has 3 rings (SSSR count). The lowest BCUT2D eigenvalue weighted by Gasteiger charge is -2.39. The van der Waals surface area contributed by atoms with Gasteiger partial charge < -0.3 is 18.9 Å². The second-order valence-corrected chi connectivity index (χ2v) is 8.87. The van der Waals surface area contributed by atoms with Crippen LogP contribution in [-0.2, 0) is 28.6 Å². The van der Waals surface area contributed by atoms with Gasteiger partial charge in [0.1, 0.15) is 11.8 Å². The summed E-state index contributed by atoms with van der Waals surface area (Å²) in [5.74, 6) is -1.18. The summed E-state index contributed by atoms with van der Waals surface area (Å²) in [5.41, 5.74) is 0.986. The normalized spacial score (nSPS) is 21.6. The maximum atomic E-state index is 11.8. The van der Waals surface area contributed by atoms with Crippen molar-refractivity contribution in [2.45, 2.75) is 44.5 Å². The molecule has 1 saturated heterocycles. The summed E-state index contributed by atoms with van der Waals surface area (Å²) in [6.07, 6.45) is 0.183. The second-order valence-electron chi connectivity index (χ2n) is 7.33. The molecule has 0 N–H and O–H groups in total. The van der Waals surface area contributed by atoms with Gasteiger partial charge in [-0.2, -0.15) is 5.26 Å². The Morgan fingerprint density at radius 1 is 1.00 bits per heavy atom. The Bertz CT molecular complexity index is 1140. The van der Waals surface area contributed by atoms with E-state index in [4.69, 9.17) is 35.8 Å². The summed E-state index contributed by atoms with van der Waals surface area (Å²) in [6, 6.07) is 8.73. The molecule has 178 valence electrons. The number of hydrogen-bond acceptors (Lipinski definition) is 10. The van der Waals surface area contributed by atoms with Crippen molar-refractivity contribution < 1.29 is 33.3 Å². The minimum atomic E-state index is -1.05. The number of hydrogen-bond donors (Lipinski definition) is 0. The van der Waals surface area contributed by atoms with Gasteiger partial charge in [0.15, 0.2) is 23.7 Å². The van der Waals surface area contributed by atoms with E-state index >= 15 is 0 Å². The van der Waals surface area contributed by atoms with Crippen molar-refractivity contribution in [2.24, 2.45) is 0 Å². The molecule has 0 amide bonds. The van der Waals surface area contributed by atoms with Crippen molar-refractivity contribution in [2.75, 3.05) is 5.75 Å². The lowest BCUT2D eigenvalue weighted by molar-refractivity contribution is -0.186. The summed E-state index contributed by atoms with van der Waals surface area (Å²) < 4.78 is 22.2. The molecule has 1 aromatic heterocycles. The van der Waals surface area contributed by atoms with Gasteiger partial charge >= 0.3 is 17.9 Å². The molecule has 0 radical (unpaired) electrons. The quantitative estimate of drug-likeness (QED) is 0.426. The van der Waals surface area contributed by atoms with E-state index in [0.29, 0.717) is 21.9 Å². The van der Waals surface area contributed by atoms with Crippen molar-refractivity contribution in [3.05, 3.63) is 47.2 Å². The number of thioether (sulfide) groups is 1. The monoisotopic (exact) mass is 504 g/mol. The molecule has 11 heteroatoms. The van der Waals surface area contributed by atoms with Crippen LogP contribution >= 0.6 is 23.4 Å². The number of halogens is 1. The van der Waals surface area contributed by atoms with Crippen molar-refractivity contribution in [1.29, 1.82) is 5.26 Å². The van der Waals surface area contributed by atoms with Gasteiger partial charge in [0.25, 0.3) is 0 Å². The average Bonchev–Trinajstić information content (AvgIpc) is 2.77. The van der Waals surface area contributed by atoms with E-state index in [0.717, 1.165) is 5.56 Å². The molecule has 0 aliphatic carbocycles. The van der Waals surface area contributed by atoms with Crippen LogP contribution in [-0.4, -0.2) is 52.4 Å². The Balaban J connectivity index is 1.88. The molecular weight excluding hydrogens is 484 g/mol. The summed E-state index contributed by atoms with van der Waals surface area (Å²) >= 11 is 7.39. The number of esters is 3. The Kier molecular flexibility index (Phi) is 8.36. The highest BCUT2D eigenvalue weighted by Crippen LogP contribution is 2.35. The number of carbonyl (C=O) groups excluding carboxylic acids is 3. The largest absolute Gasteiger partial charge is 0.474 e. The first kappa shape index (κ1) is 25.3. The number of pyridine rings is 1. The van der Waals surface area contributed by atoms with Gasteiger partial charge in [-0.05, 0) is 23.8 Å². The SMILES string of the molecule is CC(=O)O[C@@H]1[C@@H](OC(C)=O)[C@H](OC(C)=O)CS[C@H]1Oc1cncc(-c2ccc(C#N)c(Cl)c2)c1. The van der Waals surface area contributed by atoms with Gasteiger partial charge in [0, 0.05) is 38.3 Å². The Morgan fingerprint density at radius 2 is 1.68 bits per heavy atom. The summed E-state index contributed by atoms with van der Waals surface area (Å²) in [6.45, 7) is 3.67. The van der Waals surface area contributed by atoms with Crippen LogP contribution in [0.3, 0.4) is 0 Å². The molecule has 0 unspecified atom stereocenters. The van der Waals surface area contributed by atoms with E-state index in [9.17, 15) is 14.4 Å². The van der Waals surface area contributed by atoms with Crippen LogP contribution in [0.25, 0.3) is 11.1 Å². The standard InChI is InChI=1S/C23H21ClN2O7S/c1-12(27)30-20-11-34-23(22(32-14(3)29)21(20)31-13(2)28)33-18-6-17(9-26-10-18)15-4-5-16(8-25)19(24)7-15/h4-7,9-10,20-23H,11H2,1-3H3/t20-,21+,22-,23-/m1/s1. The van der Waals surface area contributed by atoms with Gasteiger partial charge in [-0.15, -0.1) is 11.8 Å². The number of carbonyl (C=O) groups is 3. The molecule has 34 heavy (non-hydrogen) atoms. The third kappa shape index (κ3) is 6.40. The highest BCUT2D eigenvalue weighted by Gasteiger charge is 2.47. The van der Waals surface area contributed by atoms with Crippen molar-refractivity contribution >= 4 is 41.3 Å². The van der Waals surface area contributed by atoms with Gasteiger partial charge in [0.2, 0.25) is 0 Å². The lowest BCUT2D eigenvalue weighted by Crippen LogP contribution is -2.55. The van der Waals surface area contributed by atoms with E-state index in [2.05, 4.69) is 4.98 Å². The number of rotatable bonds is 6. The Labute approximate surface area is 205 Å².